The molecule has 2 fully saturated rings. The molecule has 2 atom stereocenters. The van der Waals surface area contributed by atoms with Crippen LogP contribution in [0.2, 0.25) is 10.0 Å². The zero-order valence-corrected chi connectivity index (χ0v) is 34.6. The van der Waals surface area contributed by atoms with E-state index in [-0.39, 0.29) is 28.8 Å². The Bertz CT molecular complexity index is 2100. The van der Waals surface area contributed by atoms with Gasteiger partial charge < -0.3 is 19.3 Å². The van der Waals surface area contributed by atoms with Gasteiger partial charge in [-0.1, -0.05) is 71.2 Å². The molecular weight excluding hydrogens is 827 g/mol. The fraction of sp³-hybridized carbons (Fsp3) is 0.333. The second-order valence-electron chi connectivity index (χ2n) is 13.3. The number of carbonyl (C=O) groups excluding carboxylic acids is 5. The number of pyridine rings is 2. The molecule has 17 heteroatoms. The molecule has 2 amide bonds. The lowest BCUT2D eigenvalue weighted by atomic mass is 9.74. The lowest BCUT2D eigenvalue weighted by Crippen LogP contribution is -2.54. The van der Waals surface area contributed by atoms with Gasteiger partial charge >= 0.3 is 24.1 Å². The van der Waals surface area contributed by atoms with Crippen LogP contribution in [0.15, 0.2) is 97.6 Å². The van der Waals surface area contributed by atoms with E-state index in [0.717, 1.165) is 25.7 Å². The standard InChI is InChI=1S/C21H21ClN2O5.C15H17Cl2NO3.C6H5NO2/c1-24(20(27)29-14-28-19(26)15-7-6-12-23-13-15)21(11-5-4-10-18(21)25)16-8-2-3-9-17(16)22;1-18(14(20)21-10-16)15(9-5-4-8-13(15)19)11-6-2-3-7-12(11)17;8-6(9)5-2-1-3-7-4-5/h2-3,6-9,12-13H,4-5,10-11,14H2,1H3;2-3,6-7H,4-5,8-10H2,1H3;1-4H,(H,8,9)/t21-;15-;/m11./s1. The Labute approximate surface area is 356 Å². The predicted octanol–water partition coefficient (Wildman–Crippen LogP) is 8.68. The van der Waals surface area contributed by atoms with Crippen molar-refractivity contribution in [3.8, 4) is 0 Å². The number of likely N-dealkylation sites (N-methyl/N-ethyl adjacent to an activating group) is 2. The molecule has 4 aromatic rings. The quantitative estimate of drug-likeness (QED) is 0.0961. The number of rotatable bonds is 9. The van der Waals surface area contributed by atoms with E-state index in [2.05, 4.69) is 9.97 Å². The summed E-state index contributed by atoms with van der Waals surface area (Å²) < 4.78 is 14.9. The highest BCUT2D eigenvalue weighted by Crippen LogP contribution is 2.43. The molecule has 0 saturated heterocycles. The van der Waals surface area contributed by atoms with Gasteiger partial charge in [0.1, 0.15) is 11.1 Å². The van der Waals surface area contributed by atoms with Gasteiger partial charge in [-0.3, -0.25) is 29.4 Å². The molecule has 0 radical (unpaired) electrons. The SMILES string of the molecule is CN(C(=O)OCCl)[C@@]1(c2ccccc2Cl)CCCCC1=O.CN(C(=O)OCOC(=O)c1cccnc1)[C@@]1(c2ccccc2Cl)CCCCC1=O.O=C(O)c1cccnc1. The first-order valence-electron chi connectivity index (χ1n) is 18.5. The lowest BCUT2D eigenvalue weighted by Gasteiger charge is -2.43. The highest BCUT2D eigenvalue weighted by atomic mass is 35.5. The van der Waals surface area contributed by atoms with E-state index in [1.54, 1.807) is 61.6 Å². The molecule has 1 N–H and O–H groups in total. The minimum Gasteiger partial charge on any atom is -0.478 e. The molecule has 312 valence electrons. The van der Waals surface area contributed by atoms with Crippen LogP contribution in [0.4, 0.5) is 9.59 Å². The van der Waals surface area contributed by atoms with E-state index in [1.165, 1.54) is 53.8 Å². The van der Waals surface area contributed by atoms with E-state index in [0.29, 0.717) is 46.9 Å². The van der Waals surface area contributed by atoms with Crippen molar-refractivity contribution in [3.63, 3.8) is 0 Å². The first-order chi connectivity index (χ1) is 28.3. The van der Waals surface area contributed by atoms with Crippen LogP contribution in [0.1, 0.15) is 83.2 Å². The average Bonchev–Trinajstić information content (AvgIpc) is 3.25. The molecule has 2 aliphatic rings. The van der Waals surface area contributed by atoms with Crippen LogP contribution in [0.5, 0.6) is 0 Å². The van der Waals surface area contributed by atoms with Crippen molar-refractivity contribution in [2.24, 2.45) is 0 Å². The molecule has 2 heterocycles. The van der Waals surface area contributed by atoms with Crippen LogP contribution < -0.4 is 0 Å². The molecule has 2 saturated carbocycles. The molecule has 59 heavy (non-hydrogen) atoms. The Morgan fingerprint density at radius 1 is 0.661 bits per heavy atom. The maximum absolute atomic E-state index is 13.0. The molecule has 2 aromatic heterocycles. The zero-order chi connectivity index (χ0) is 43.0. The van der Waals surface area contributed by atoms with Crippen molar-refractivity contribution >= 4 is 70.5 Å². The van der Waals surface area contributed by atoms with Gasteiger partial charge in [-0.05, 0) is 74.9 Å². The molecule has 14 nitrogen and oxygen atoms in total. The van der Waals surface area contributed by atoms with Gasteiger partial charge in [-0.15, -0.1) is 0 Å². The van der Waals surface area contributed by atoms with Crippen LogP contribution in [0.3, 0.4) is 0 Å². The highest BCUT2D eigenvalue weighted by Gasteiger charge is 2.50. The number of ketones is 2. The average molecular weight is 870 g/mol. The number of carboxylic acids is 1. The van der Waals surface area contributed by atoms with Crippen LogP contribution in [-0.4, -0.2) is 87.5 Å². The number of carbonyl (C=O) groups is 6. The third-order valence-electron chi connectivity index (χ3n) is 10.00. The maximum Gasteiger partial charge on any atom is 0.413 e. The van der Waals surface area contributed by atoms with E-state index in [9.17, 15) is 28.8 Å². The zero-order valence-electron chi connectivity index (χ0n) is 32.4. The molecule has 2 aromatic carbocycles. The third kappa shape index (κ3) is 11.1. The number of benzene rings is 2. The smallest absolute Gasteiger partial charge is 0.413 e. The van der Waals surface area contributed by atoms with Gasteiger partial charge in [0.05, 0.1) is 11.1 Å². The van der Waals surface area contributed by atoms with Crippen molar-refractivity contribution < 1.29 is 48.1 Å². The number of hydrogen-bond acceptors (Lipinski definition) is 11. The first kappa shape index (κ1) is 46.1. The number of nitrogens with zero attached hydrogens (tertiary/aromatic N) is 4. The van der Waals surface area contributed by atoms with Crippen molar-refractivity contribution in [3.05, 3.63) is 130 Å². The van der Waals surface area contributed by atoms with Crippen molar-refractivity contribution in [1.29, 1.82) is 0 Å². The summed E-state index contributed by atoms with van der Waals surface area (Å²) in [5, 5.41) is 9.22. The Morgan fingerprint density at radius 2 is 1.12 bits per heavy atom. The topological polar surface area (TPSA) is 183 Å². The second-order valence-corrected chi connectivity index (χ2v) is 14.4. The van der Waals surface area contributed by atoms with Gasteiger partial charge in [-0.25, -0.2) is 19.2 Å². The maximum atomic E-state index is 13.0. The van der Waals surface area contributed by atoms with Crippen molar-refractivity contribution in [2.45, 2.75) is 62.4 Å². The van der Waals surface area contributed by atoms with Gasteiger partial charge in [0.2, 0.25) is 6.79 Å². The highest BCUT2D eigenvalue weighted by molar-refractivity contribution is 6.32. The van der Waals surface area contributed by atoms with Gasteiger partial charge in [0, 0.05) is 72.9 Å². The Kier molecular flexibility index (Phi) is 17.2. The largest absolute Gasteiger partial charge is 0.478 e. The van der Waals surface area contributed by atoms with Crippen LogP contribution in [0, 0.1) is 0 Å². The number of hydrogen-bond donors (Lipinski definition) is 1. The summed E-state index contributed by atoms with van der Waals surface area (Å²) in [4.78, 5) is 82.6. The second kappa shape index (κ2) is 22.0. The van der Waals surface area contributed by atoms with E-state index < -0.39 is 42.0 Å². The Balaban J connectivity index is 0.000000222. The van der Waals surface area contributed by atoms with Crippen LogP contribution in [-0.2, 0) is 34.9 Å². The predicted molar refractivity (Wildman–Crippen MR) is 218 cm³/mol. The van der Waals surface area contributed by atoms with Gasteiger partial charge in [-0.2, -0.15) is 0 Å². The number of carboxylic acid groups (broad SMARTS) is 1. The summed E-state index contributed by atoms with van der Waals surface area (Å²) in [5.74, 6) is -1.72. The minimum absolute atomic E-state index is 0.0177. The molecule has 0 spiro atoms. The minimum atomic E-state index is -1.21. The number of aromatic nitrogens is 2. The molecule has 6 rings (SSSR count). The molecule has 2 aliphatic carbocycles. The number of alkyl halides is 1. The number of Topliss-reactive ketones (excluding diaryl/α,β-unsaturated/α-hetero) is 2. The van der Waals surface area contributed by atoms with Crippen LogP contribution >= 0.6 is 34.8 Å². The first-order valence-corrected chi connectivity index (χ1v) is 19.7. The summed E-state index contributed by atoms with van der Waals surface area (Å²) >= 11 is 18.1. The van der Waals surface area contributed by atoms with Crippen molar-refractivity contribution in [1.82, 2.24) is 19.8 Å². The summed E-state index contributed by atoms with van der Waals surface area (Å²) in [5.41, 5.74) is -0.603. The molecule has 0 unspecified atom stereocenters. The van der Waals surface area contributed by atoms with Crippen LogP contribution in [0.25, 0.3) is 0 Å². The number of esters is 1. The van der Waals surface area contributed by atoms with Crippen molar-refractivity contribution in [2.75, 3.05) is 27.0 Å². The third-order valence-corrected chi connectivity index (χ3v) is 10.8. The molecule has 0 bridgehead atoms. The summed E-state index contributed by atoms with van der Waals surface area (Å²) in [6.45, 7) is -0.580. The Morgan fingerprint density at radius 3 is 1.51 bits per heavy atom. The monoisotopic (exact) mass is 868 g/mol. The summed E-state index contributed by atoms with van der Waals surface area (Å²) in [7, 11) is 3.05. The fourth-order valence-corrected chi connectivity index (χ4v) is 7.68. The number of ether oxygens (including phenoxy) is 3. The number of amides is 2. The number of halogens is 3. The summed E-state index contributed by atoms with van der Waals surface area (Å²) in [6, 6.07) is 20.1. The lowest BCUT2D eigenvalue weighted by molar-refractivity contribution is -0.134. The molecule has 0 aliphatic heterocycles. The number of aromatic carboxylic acids is 1. The Hall–Kier alpha value is -5.57. The van der Waals surface area contributed by atoms with Gasteiger partial charge in [0.25, 0.3) is 0 Å². The summed E-state index contributed by atoms with van der Waals surface area (Å²) in [6.07, 6.45) is 9.25. The van der Waals surface area contributed by atoms with Gasteiger partial charge in [0.15, 0.2) is 17.6 Å². The fourth-order valence-electron chi connectivity index (χ4n) is 7.00. The van der Waals surface area contributed by atoms with E-state index in [1.807, 2.05) is 6.07 Å². The van der Waals surface area contributed by atoms with E-state index >= 15 is 0 Å². The normalized spacial score (nSPS) is 18.4. The van der Waals surface area contributed by atoms with E-state index in [4.69, 9.17) is 54.1 Å². The molecular formula is C42H43Cl3N4O10.